The molecule has 0 bridgehead atoms. The minimum atomic E-state index is -0.272. The zero-order valence-electron chi connectivity index (χ0n) is 9.29. The van der Waals surface area contributed by atoms with Crippen molar-refractivity contribution in [3.05, 3.63) is 29.6 Å². The first kappa shape index (κ1) is 12.0. The molecule has 3 heteroatoms. The Morgan fingerprint density at radius 1 is 1.47 bits per heavy atom. The van der Waals surface area contributed by atoms with Crippen LogP contribution in [0.15, 0.2) is 18.2 Å². The molecule has 1 rings (SSSR count). The lowest BCUT2D eigenvalue weighted by Crippen LogP contribution is -2.08. The molecule has 0 saturated heterocycles. The van der Waals surface area contributed by atoms with Crippen molar-refractivity contribution in [2.45, 2.75) is 39.4 Å². The fourth-order valence-corrected chi connectivity index (χ4v) is 1.42. The average molecular weight is 211 g/mol. The molecule has 0 saturated carbocycles. The lowest BCUT2D eigenvalue weighted by atomic mass is 10.2. The first-order valence-corrected chi connectivity index (χ1v) is 5.29. The van der Waals surface area contributed by atoms with Gasteiger partial charge < -0.3 is 10.5 Å². The van der Waals surface area contributed by atoms with Gasteiger partial charge in [-0.3, -0.25) is 0 Å². The molecule has 2 nitrogen and oxygen atoms in total. The number of rotatable bonds is 5. The minimum absolute atomic E-state index is 0.192. The number of hydrogen-bond donors (Lipinski definition) is 1. The van der Waals surface area contributed by atoms with Gasteiger partial charge >= 0.3 is 0 Å². The molecule has 0 aliphatic rings. The summed E-state index contributed by atoms with van der Waals surface area (Å²) in [5, 5.41) is 0. The van der Waals surface area contributed by atoms with Crippen LogP contribution in [0.2, 0.25) is 0 Å². The summed E-state index contributed by atoms with van der Waals surface area (Å²) in [6, 6.07) is 4.35. The highest BCUT2D eigenvalue weighted by molar-refractivity contribution is 5.46. The number of nitrogens with two attached hydrogens (primary N) is 1. The van der Waals surface area contributed by atoms with Crippen LogP contribution in [0.1, 0.15) is 32.3 Å². The lowest BCUT2D eigenvalue weighted by Gasteiger charge is -2.13. The standard InChI is InChI=1S/C12H18FNO/c1-3-4-9(2)15-8-10-7-11(13)5-6-12(10)14/h5-7,9H,3-4,8,14H2,1-2H3. The first-order chi connectivity index (χ1) is 7.13. The lowest BCUT2D eigenvalue weighted by molar-refractivity contribution is 0.0474. The molecule has 0 spiro atoms. The molecule has 2 N–H and O–H groups in total. The Hall–Kier alpha value is -1.09. The molecular weight excluding hydrogens is 193 g/mol. The number of nitrogen functional groups attached to an aromatic ring is 1. The molecule has 1 aromatic rings. The van der Waals surface area contributed by atoms with Gasteiger partial charge in [0, 0.05) is 11.3 Å². The van der Waals surface area contributed by atoms with E-state index < -0.39 is 0 Å². The molecule has 0 heterocycles. The second-order valence-electron chi connectivity index (χ2n) is 3.75. The van der Waals surface area contributed by atoms with Gasteiger partial charge in [0.2, 0.25) is 0 Å². The number of anilines is 1. The summed E-state index contributed by atoms with van der Waals surface area (Å²) in [4.78, 5) is 0. The summed E-state index contributed by atoms with van der Waals surface area (Å²) in [6.07, 6.45) is 2.28. The maximum Gasteiger partial charge on any atom is 0.123 e. The highest BCUT2D eigenvalue weighted by Crippen LogP contribution is 2.15. The van der Waals surface area contributed by atoms with Crippen molar-refractivity contribution >= 4 is 5.69 Å². The van der Waals surface area contributed by atoms with Gasteiger partial charge in [0.25, 0.3) is 0 Å². The third kappa shape index (κ3) is 3.88. The van der Waals surface area contributed by atoms with Gasteiger partial charge in [-0.2, -0.15) is 0 Å². The van der Waals surface area contributed by atoms with E-state index in [2.05, 4.69) is 6.92 Å². The molecule has 0 radical (unpaired) electrons. The fourth-order valence-electron chi connectivity index (χ4n) is 1.42. The van der Waals surface area contributed by atoms with E-state index in [4.69, 9.17) is 10.5 Å². The van der Waals surface area contributed by atoms with Crippen molar-refractivity contribution in [2.24, 2.45) is 0 Å². The predicted octanol–water partition coefficient (Wildman–Crippen LogP) is 3.11. The fraction of sp³-hybridized carbons (Fsp3) is 0.500. The van der Waals surface area contributed by atoms with E-state index in [1.807, 2.05) is 6.92 Å². The van der Waals surface area contributed by atoms with Crippen molar-refractivity contribution in [1.82, 2.24) is 0 Å². The number of halogens is 1. The quantitative estimate of drug-likeness (QED) is 0.759. The van der Waals surface area contributed by atoms with E-state index in [0.29, 0.717) is 12.3 Å². The molecule has 1 atom stereocenters. The van der Waals surface area contributed by atoms with Gasteiger partial charge in [-0.25, -0.2) is 4.39 Å². The van der Waals surface area contributed by atoms with E-state index in [1.165, 1.54) is 12.1 Å². The van der Waals surface area contributed by atoms with Crippen LogP contribution in [-0.4, -0.2) is 6.10 Å². The number of hydrogen-bond acceptors (Lipinski definition) is 2. The molecule has 0 fully saturated rings. The van der Waals surface area contributed by atoms with Gasteiger partial charge in [0.05, 0.1) is 12.7 Å². The average Bonchev–Trinajstić information content (AvgIpc) is 2.20. The molecule has 0 amide bonds. The normalized spacial score (nSPS) is 12.7. The van der Waals surface area contributed by atoms with Crippen LogP contribution in [0.3, 0.4) is 0 Å². The Kier molecular flexibility index (Phi) is 4.56. The Morgan fingerprint density at radius 2 is 2.20 bits per heavy atom. The minimum Gasteiger partial charge on any atom is -0.398 e. The Labute approximate surface area is 90.2 Å². The Morgan fingerprint density at radius 3 is 2.87 bits per heavy atom. The van der Waals surface area contributed by atoms with Crippen LogP contribution in [0, 0.1) is 5.82 Å². The van der Waals surface area contributed by atoms with Crippen molar-refractivity contribution in [2.75, 3.05) is 5.73 Å². The summed E-state index contributed by atoms with van der Waals surface area (Å²) >= 11 is 0. The number of benzene rings is 1. The number of ether oxygens (including phenoxy) is 1. The van der Waals surface area contributed by atoms with Crippen LogP contribution < -0.4 is 5.73 Å². The van der Waals surface area contributed by atoms with Crippen molar-refractivity contribution in [3.63, 3.8) is 0 Å². The second kappa shape index (κ2) is 5.71. The van der Waals surface area contributed by atoms with E-state index in [1.54, 1.807) is 6.07 Å². The van der Waals surface area contributed by atoms with E-state index in [-0.39, 0.29) is 11.9 Å². The topological polar surface area (TPSA) is 35.2 Å². The van der Waals surface area contributed by atoms with Gasteiger partial charge in [-0.05, 0) is 31.5 Å². The van der Waals surface area contributed by atoms with Crippen LogP contribution in [0.4, 0.5) is 10.1 Å². The molecule has 0 aromatic heterocycles. The maximum atomic E-state index is 12.9. The molecule has 1 aromatic carbocycles. The monoisotopic (exact) mass is 211 g/mol. The highest BCUT2D eigenvalue weighted by atomic mass is 19.1. The molecule has 0 aliphatic carbocycles. The summed E-state index contributed by atoms with van der Waals surface area (Å²) in [5.41, 5.74) is 7.01. The Bertz CT molecular complexity index is 314. The summed E-state index contributed by atoms with van der Waals surface area (Å²) in [5.74, 6) is -0.272. The van der Waals surface area contributed by atoms with Crippen LogP contribution in [-0.2, 0) is 11.3 Å². The van der Waals surface area contributed by atoms with Crippen LogP contribution >= 0.6 is 0 Å². The molecule has 1 unspecified atom stereocenters. The van der Waals surface area contributed by atoms with Crippen LogP contribution in [0.5, 0.6) is 0 Å². The smallest absolute Gasteiger partial charge is 0.123 e. The zero-order chi connectivity index (χ0) is 11.3. The van der Waals surface area contributed by atoms with E-state index >= 15 is 0 Å². The van der Waals surface area contributed by atoms with Crippen molar-refractivity contribution < 1.29 is 9.13 Å². The van der Waals surface area contributed by atoms with Crippen molar-refractivity contribution in [1.29, 1.82) is 0 Å². The maximum absolute atomic E-state index is 12.9. The van der Waals surface area contributed by atoms with Gasteiger partial charge in [-0.1, -0.05) is 13.3 Å². The highest BCUT2D eigenvalue weighted by Gasteiger charge is 2.04. The van der Waals surface area contributed by atoms with Crippen molar-refractivity contribution in [3.8, 4) is 0 Å². The first-order valence-electron chi connectivity index (χ1n) is 5.29. The predicted molar refractivity (Wildman–Crippen MR) is 60.0 cm³/mol. The van der Waals surface area contributed by atoms with Crippen LogP contribution in [0.25, 0.3) is 0 Å². The van der Waals surface area contributed by atoms with E-state index in [9.17, 15) is 4.39 Å². The second-order valence-corrected chi connectivity index (χ2v) is 3.75. The van der Waals surface area contributed by atoms with Gasteiger partial charge in [0.15, 0.2) is 0 Å². The Balaban J connectivity index is 2.53. The summed E-state index contributed by atoms with van der Waals surface area (Å²) in [6.45, 7) is 4.50. The van der Waals surface area contributed by atoms with Gasteiger partial charge in [-0.15, -0.1) is 0 Å². The van der Waals surface area contributed by atoms with Gasteiger partial charge in [0.1, 0.15) is 5.82 Å². The van der Waals surface area contributed by atoms with E-state index in [0.717, 1.165) is 18.4 Å². The third-order valence-corrected chi connectivity index (χ3v) is 2.32. The largest absolute Gasteiger partial charge is 0.398 e. The molecule has 15 heavy (non-hydrogen) atoms. The summed E-state index contributed by atoms with van der Waals surface area (Å²) in [7, 11) is 0. The third-order valence-electron chi connectivity index (χ3n) is 2.32. The summed E-state index contributed by atoms with van der Waals surface area (Å²) < 4.78 is 18.5. The molecule has 0 aliphatic heterocycles. The molecular formula is C12H18FNO. The SMILES string of the molecule is CCCC(C)OCc1cc(F)ccc1N. The molecule has 84 valence electrons. The zero-order valence-corrected chi connectivity index (χ0v) is 9.29.